The first kappa shape index (κ1) is 45.7. The fraction of sp³-hybridized carbons (Fsp3) is 0. The van der Waals surface area contributed by atoms with E-state index in [1.165, 1.54) is 0 Å². The third kappa shape index (κ3) is 7.24. The van der Waals surface area contributed by atoms with E-state index < -0.39 is 0 Å². The van der Waals surface area contributed by atoms with Crippen LogP contribution in [0, 0.1) is 0 Å². The highest BCUT2D eigenvalue weighted by atomic mass is 16.1. The Morgan fingerprint density at radius 3 is 1.01 bits per heavy atom. The molecule has 0 atom stereocenters. The number of hydrogen-bond donors (Lipinski definition) is 0. The van der Waals surface area contributed by atoms with Gasteiger partial charge in [0.25, 0.3) is 0 Å². The van der Waals surface area contributed by atoms with Crippen LogP contribution in [-0.2, 0) is 0 Å². The number of para-hydroxylation sites is 5. The van der Waals surface area contributed by atoms with Crippen molar-refractivity contribution in [1.29, 1.82) is 0 Å². The Morgan fingerprint density at radius 1 is 0.284 bits per heavy atom. The molecule has 380 valence electrons. The van der Waals surface area contributed by atoms with E-state index in [0.717, 1.165) is 34.0 Å². The lowest BCUT2D eigenvalue weighted by molar-refractivity contribution is 1.06. The van der Waals surface area contributed by atoms with Gasteiger partial charge in [-0.05, 0) is 133 Å². The third-order valence-corrected chi connectivity index (χ3v) is 14.9. The molecule has 9 heterocycles. The SMILES string of the molecule is O=c1c2cc(-c3nc4cccnc4n3-c3ccccc3)c(-c3nc4cccnc4n3-c3ccccc3)cc2n(-c2ccccc2)c2cc(-c3nc4cccnc4n3-c3ccccc3)cc(-c3nc4cccnc4n3-c3ccccc3)c12. The third-order valence-electron chi connectivity index (χ3n) is 14.9. The minimum atomic E-state index is -0.224. The molecule has 9 aromatic heterocycles. The lowest BCUT2D eigenvalue weighted by atomic mass is 9.96. The van der Waals surface area contributed by atoms with Crippen LogP contribution in [0.25, 0.3) is 140 Å². The van der Waals surface area contributed by atoms with E-state index in [0.29, 0.717) is 106 Å². The van der Waals surface area contributed by atoms with Crippen molar-refractivity contribution < 1.29 is 0 Å². The largest absolute Gasteiger partial charge is 0.309 e. The molecule has 0 aliphatic heterocycles. The summed E-state index contributed by atoms with van der Waals surface area (Å²) in [6.07, 6.45) is 7.12. The van der Waals surface area contributed by atoms with Crippen molar-refractivity contribution in [3.8, 4) is 74.0 Å². The molecular weight excluding hydrogens is 1000 g/mol. The molecule has 0 spiro atoms. The van der Waals surface area contributed by atoms with Crippen LogP contribution in [-0.4, -0.2) is 62.7 Å². The molecule has 0 bridgehead atoms. The number of nitrogens with zero attached hydrogens (tertiary/aromatic N) is 13. The molecule has 0 saturated carbocycles. The van der Waals surface area contributed by atoms with Gasteiger partial charge in [0.05, 0.1) is 16.4 Å². The first-order valence-electron chi connectivity index (χ1n) is 26.5. The summed E-state index contributed by atoms with van der Waals surface area (Å²) in [4.78, 5) is 58.2. The molecule has 0 fully saturated rings. The number of benzene rings is 7. The second-order valence-electron chi connectivity index (χ2n) is 19.6. The van der Waals surface area contributed by atoms with E-state index >= 15 is 4.79 Å². The maximum Gasteiger partial charge on any atom is 0.198 e. The van der Waals surface area contributed by atoms with Gasteiger partial charge in [-0.2, -0.15) is 0 Å². The van der Waals surface area contributed by atoms with Crippen LogP contribution in [0.15, 0.2) is 254 Å². The van der Waals surface area contributed by atoms with Gasteiger partial charge in [-0.25, -0.2) is 39.9 Å². The monoisotopic (exact) mass is 1040 g/mol. The van der Waals surface area contributed by atoms with Crippen molar-refractivity contribution >= 4 is 66.5 Å². The molecule has 16 rings (SSSR count). The van der Waals surface area contributed by atoms with Gasteiger partial charge in [0.2, 0.25) is 0 Å². The van der Waals surface area contributed by atoms with E-state index in [-0.39, 0.29) is 5.43 Å². The fourth-order valence-electron chi connectivity index (χ4n) is 11.5. The van der Waals surface area contributed by atoms with Gasteiger partial charge in [0, 0.05) is 80.9 Å². The van der Waals surface area contributed by atoms with Crippen molar-refractivity contribution in [3.05, 3.63) is 259 Å². The highest BCUT2D eigenvalue weighted by Crippen LogP contribution is 2.43. The van der Waals surface area contributed by atoms with Crippen LogP contribution in [0.2, 0.25) is 0 Å². The molecule has 0 unspecified atom stereocenters. The van der Waals surface area contributed by atoms with Crippen molar-refractivity contribution in [1.82, 2.24) is 62.7 Å². The van der Waals surface area contributed by atoms with E-state index in [1.807, 2.05) is 174 Å². The lowest BCUT2D eigenvalue weighted by Crippen LogP contribution is -2.14. The van der Waals surface area contributed by atoms with Crippen LogP contribution < -0.4 is 5.43 Å². The summed E-state index contributed by atoms with van der Waals surface area (Å²) in [5.74, 6) is 2.31. The summed E-state index contributed by atoms with van der Waals surface area (Å²) in [7, 11) is 0. The van der Waals surface area contributed by atoms with Crippen LogP contribution in [0.5, 0.6) is 0 Å². The van der Waals surface area contributed by atoms with Gasteiger partial charge in [-0.3, -0.25) is 23.1 Å². The molecular formula is C67H41N13O. The van der Waals surface area contributed by atoms with Gasteiger partial charge < -0.3 is 4.57 Å². The van der Waals surface area contributed by atoms with E-state index in [1.54, 1.807) is 24.8 Å². The predicted molar refractivity (Wildman–Crippen MR) is 318 cm³/mol. The minimum absolute atomic E-state index is 0.224. The number of pyridine rings is 5. The quantitative estimate of drug-likeness (QED) is 0.129. The standard InChI is InChI=1S/C67H41N13O/c81-59-50-40-48(61-73-53-31-17-35-69-65(53)78(61)45-24-10-3-11-25-45)49(62-74-54-32-18-36-70-66(54)79(62)46-26-12-4-13-27-46)41-56(50)76(43-20-6-1-7-21-43)57-39-42(60-72-52-30-16-34-68-64(52)77(60)44-22-8-2-9-23-44)38-51(58(57)59)63-75-55-33-19-37-71-67(55)80(63)47-28-14-5-15-29-47/h1-41H. The molecule has 0 radical (unpaired) electrons. The lowest BCUT2D eigenvalue weighted by Gasteiger charge is -2.21. The van der Waals surface area contributed by atoms with Gasteiger partial charge >= 0.3 is 0 Å². The number of imidazole rings is 4. The summed E-state index contributed by atoms with van der Waals surface area (Å²) < 4.78 is 10.4. The molecule has 0 N–H and O–H groups in total. The highest BCUT2D eigenvalue weighted by Gasteiger charge is 2.29. The maximum atomic E-state index is 16.8. The Morgan fingerprint density at radius 2 is 0.617 bits per heavy atom. The van der Waals surface area contributed by atoms with E-state index in [9.17, 15) is 0 Å². The summed E-state index contributed by atoms with van der Waals surface area (Å²) in [6, 6.07) is 74.2. The van der Waals surface area contributed by atoms with Crippen molar-refractivity contribution in [3.63, 3.8) is 0 Å². The van der Waals surface area contributed by atoms with E-state index in [4.69, 9.17) is 39.9 Å². The van der Waals surface area contributed by atoms with Gasteiger partial charge in [-0.1, -0.05) is 91.0 Å². The van der Waals surface area contributed by atoms with Crippen LogP contribution in [0.3, 0.4) is 0 Å². The molecule has 0 saturated heterocycles. The molecule has 0 aliphatic carbocycles. The van der Waals surface area contributed by atoms with Gasteiger partial charge in [-0.15, -0.1) is 0 Å². The summed E-state index contributed by atoms with van der Waals surface area (Å²) in [6.45, 7) is 0. The minimum Gasteiger partial charge on any atom is -0.309 e. The normalized spacial score (nSPS) is 11.8. The Labute approximate surface area is 460 Å². The number of rotatable bonds is 9. The van der Waals surface area contributed by atoms with E-state index in [2.05, 4.69) is 72.9 Å². The summed E-state index contributed by atoms with van der Waals surface area (Å²) in [5.41, 5.74) is 13.3. The smallest absolute Gasteiger partial charge is 0.198 e. The van der Waals surface area contributed by atoms with Crippen molar-refractivity contribution in [2.24, 2.45) is 0 Å². The zero-order valence-electron chi connectivity index (χ0n) is 42.9. The Balaban J connectivity index is 1.12. The average molecular weight is 1040 g/mol. The predicted octanol–water partition coefficient (Wildman–Crippen LogP) is 13.7. The second kappa shape index (κ2) is 18.3. The highest BCUT2D eigenvalue weighted by molar-refractivity contribution is 6.08. The number of hydrogen-bond acceptors (Lipinski definition) is 9. The second-order valence-corrected chi connectivity index (χ2v) is 19.6. The Kier molecular flexibility index (Phi) is 10.3. The summed E-state index contributed by atoms with van der Waals surface area (Å²) in [5, 5.41) is 0.862. The van der Waals surface area contributed by atoms with Crippen LogP contribution >= 0.6 is 0 Å². The zero-order chi connectivity index (χ0) is 53.5. The van der Waals surface area contributed by atoms with Crippen molar-refractivity contribution in [2.75, 3.05) is 0 Å². The van der Waals surface area contributed by atoms with Crippen LogP contribution in [0.1, 0.15) is 0 Å². The Bertz CT molecular complexity index is 5190. The van der Waals surface area contributed by atoms with Crippen LogP contribution in [0.4, 0.5) is 0 Å². The number of fused-ring (bicyclic) bond motifs is 6. The first-order chi connectivity index (χ1) is 40.1. The fourth-order valence-corrected chi connectivity index (χ4v) is 11.5. The molecule has 81 heavy (non-hydrogen) atoms. The maximum absolute atomic E-state index is 16.8. The average Bonchev–Trinajstić information content (AvgIpc) is 4.37. The van der Waals surface area contributed by atoms with Gasteiger partial charge in [0.15, 0.2) is 28.0 Å². The van der Waals surface area contributed by atoms with Gasteiger partial charge in [0.1, 0.15) is 45.4 Å². The molecule has 7 aromatic carbocycles. The first-order valence-corrected chi connectivity index (χ1v) is 26.5. The topological polar surface area (TPSA) is 145 Å². The number of aromatic nitrogens is 13. The molecule has 0 amide bonds. The molecule has 14 heteroatoms. The van der Waals surface area contributed by atoms with Crippen molar-refractivity contribution in [2.45, 2.75) is 0 Å². The molecule has 16 aromatic rings. The molecule has 0 aliphatic rings. The molecule has 14 nitrogen and oxygen atoms in total. The summed E-state index contributed by atoms with van der Waals surface area (Å²) >= 11 is 0. The Hall–Kier alpha value is -11.5. The zero-order valence-corrected chi connectivity index (χ0v) is 42.9.